The van der Waals surface area contributed by atoms with Gasteiger partial charge in [-0.1, -0.05) is 0 Å². The average Bonchev–Trinajstić information content (AvgIpc) is 3.15. The van der Waals surface area contributed by atoms with E-state index < -0.39 is 0 Å². The molecule has 0 radical (unpaired) electrons. The largest absolute Gasteiger partial charge is 0.418 e. The monoisotopic (exact) mass is 414 g/mol. The third-order valence-electron chi connectivity index (χ3n) is 6.02. The topological polar surface area (TPSA) is 127 Å². The predicted octanol–water partition coefficient (Wildman–Crippen LogP) is 2.44. The summed E-state index contributed by atoms with van der Waals surface area (Å²) in [4.78, 5) is 9.37. The number of hydrogen-bond donors (Lipinski definition) is 2. The molecule has 2 aliphatic rings. The smallest absolute Gasteiger partial charge is 0.244 e. The molecule has 0 bridgehead atoms. The Morgan fingerprint density at radius 2 is 2.03 bits per heavy atom. The highest BCUT2D eigenvalue weighted by molar-refractivity contribution is 5.67. The zero-order valence-electron chi connectivity index (χ0n) is 16.9. The Bertz CT molecular complexity index is 1470. The van der Waals surface area contributed by atoms with Crippen LogP contribution in [0.1, 0.15) is 52.8 Å². The average molecular weight is 414 g/mol. The highest BCUT2D eigenvalue weighted by atomic mass is 16.5. The van der Waals surface area contributed by atoms with E-state index in [2.05, 4.69) is 35.6 Å². The molecule has 154 valence electrons. The molecule has 0 aromatic carbocycles. The Morgan fingerprint density at radius 3 is 2.84 bits per heavy atom. The van der Waals surface area contributed by atoms with Gasteiger partial charge in [0.15, 0.2) is 5.65 Å². The number of ether oxygens (including phenoxy) is 1. The fraction of sp³-hybridized carbons (Fsp3) is 0.300. The fourth-order valence-corrected chi connectivity index (χ4v) is 4.35. The van der Waals surface area contributed by atoms with Crippen molar-refractivity contribution in [2.24, 2.45) is 7.05 Å². The van der Waals surface area contributed by atoms with Gasteiger partial charge in [-0.2, -0.15) is 10.2 Å². The van der Waals surface area contributed by atoms with Crippen LogP contribution < -0.4 is 4.74 Å². The SMILES string of the molecule is Cc1[nH]nc2c1[C@H](c1cnn(C)c1)c1c(ncn3nc(-c4cc(C5CC5)[nH]n4)nc13)O2. The van der Waals surface area contributed by atoms with E-state index in [0.29, 0.717) is 29.1 Å². The van der Waals surface area contributed by atoms with Gasteiger partial charge in [-0.05, 0) is 25.8 Å². The number of nitrogens with one attached hydrogen (secondary N) is 2. The molecular weight excluding hydrogens is 396 g/mol. The molecule has 31 heavy (non-hydrogen) atoms. The van der Waals surface area contributed by atoms with Crippen molar-refractivity contribution in [3.63, 3.8) is 0 Å². The van der Waals surface area contributed by atoms with Gasteiger partial charge in [-0.3, -0.25) is 14.9 Å². The summed E-state index contributed by atoms with van der Waals surface area (Å²) < 4.78 is 9.51. The van der Waals surface area contributed by atoms with E-state index in [-0.39, 0.29) is 5.92 Å². The molecule has 11 nitrogen and oxygen atoms in total. The predicted molar refractivity (Wildman–Crippen MR) is 108 cm³/mol. The van der Waals surface area contributed by atoms with Gasteiger partial charge in [0.2, 0.25) is 17.6 Å². The number of aryl methyl sites for hydroxylation is 2. The number of H-pyrrole nitrogens is 2. The summed E-state index contributed by atoms with van der Waals surface area (Å²) in [5.74, 6) is 1.95. The second-order valence-corrected chi connectivity index (χ2v) is 8.20. The highest BCUT2D eigenvalue weighted by Gasteiger charge is 2.37. The van der Waals surface area contributed by atoms with Gasteiger partial charge >= 0.3 is 0 Å². The normalized spacial score (nSPS) is 17.5. The molecule has 1 aliphatic carbocycles. The van der Waals surface area contributed by atoms with Crippen LogP contribution in [-0.4, -0.2) is 49.8 Å². The lowest BCUT2D eigenvalue weighted by Crippen LogP contribution is -2.14. The first-order valence-electron chi connectivity index (χ1n) is 10.2. The Kier molecular flexibility index (Phi) is 3.12. The summed E-state index contributed by atoms with van der Waals surface area (Å²) in [7, 11) is 1.90. The first-order valence-corrected chi connectivity index (χ1v) is 10.2. The molecule has 0 unspecified atom stereocenters. The van der Waals surface area contributed by atoms with Gasteiger partial charge in [-0.15, -0.1) is 10.2 Å². The number of aromatic nitrogens is 10. The van der Waals surface area contributed by atoms with Crippen molar-refractivity contribution in [2.75, 3.05) is 0 Å². The van der Waals surface area contributed by atoms with Crippen LogP contribution >= 0.6 is 0 Å². The number of fused-ring (bicyclic) bond motifs is 4. The summed E-state index contributed by atoms with van der Waals surface area (Å²) in [6, 6.07) is 2.04. The van der Waals surface area contributed by atoms with Crippen LogP contribution in [0.3, 0.4) is 0 Å². The molecule has 5 aromatic rings. The lowest BCUT2D eigenvalue weighted by Gasteiger charge is -2.24. The number of rotatable bonds is 3. The minimum atomic E-state index is -0.180. The molecule has 2 N–H and O–H groups in total. The van der Waals surface area contributed by atoms with Crippen LogP contribution in [-0.2, 0) is 7.05 Å². The molecule has 1 atom stereocenters. The Hall–Kier alpha value is -4.02. The minimum Gasteiger partial charge on any atom is -0.418 e. The maximum Gasteiger partial charge on any atom is 0.244 e. The van der Waals surface area contributed by atoms with Crippen molar-refractivity contribution in [1.82, 2.24) is 49.8 Å². The van der Waals surface area contributed by atoms with E-state index in [1.165, 1.54) is 12.8 Å². The number of hydrogen-bond acceptors (Lipinski definition) is 7. The molecule has 0 saturated heterocycles. The summed E-state index contributed by atoms with van der Waals surface area (Å²) in [6.07, 6.45) is 7.87. The maximum atomic E-state index is 6.04. The Labute approximate surface area is 175 Å². The zero-order chi connectivity index (χ0) is 20.7. The van der Waals surface area contributed by atoms with E-state index in [0.717, 1.165) is 33.8 Å². The van der Waals surface area contributed by atoms with Crippen molar-refractivity contribution in [3.05, 3.63) is 52.9 Å². The second-order valence-electron chi connectivity index (χ2n) is 8.20. The minimum absolute atomic E-state index is 0.180. The van der Waals surface area contributed by atoms with Gasteiger partial charge in [-0.25, -0.2) is 14.5 Å². The van der Waals surface area contributed by atoms with Gasteiger partial charge in [0, 0.05) is 41.7 Å². The summed E-state index contributed by atoms with van der Waals surface area (Å²) in [5, 5.41) is 23.9. The van der Waals surface area contributed by atoms with Crippen LogP contribution in [0.5, 0.6) is 11.8 Å². The standard InChI is InChI=1S/C20H18N10O/c1-9-14-15(11-6-22-29(2)7-11)16-18-23-17(13-5-12(25-26-13)10-3-4-10)28-30(18)8-21-19(16)31-20(14)27-24-9/h5-8,10,15H,3-4H2,1-2H3,(H,24,27)(H,25,26)/t15-/m0/s1. The third kappa shape index (κ3) is 2.39. The Morgan fingerprint density at radius 1 is 1.13 bits per heavy atom. The van der Waals surface area contributed by atoms with Crippen molar-refractivity contribution in [2.45, 2.75) is 31.6 Å². The lowest BCUT2D eigenvalue weighted by atomic mass is 9.86. The molecular formula is C20H18N10O. The zero-order valence-corrected chi connectivity index (χ0v) is 16.9. The Balaban J connectivity index is 1.44. The first kappa shape index (κ1) is 16.7. The highest BCUT2D eigenvalue weighted by Crippen LogP contribution is 2.48. The summed E-state index contributed by atoms with van der Waals surface area (Å²) >= 11 is 0. The molecule has 1 aliphatic heterocycles. The van der Waals surface area contributed by atoms with E-state index in [4.69, 9.17) is 9.72 Å². The van der Waals surface area contributed by atoms with Crippen LogP contribution in [0.15, 0.2) is 24.8 Å². The quantitative estimate of drug-likeness (QED) is 0.455. The van der Waals surface area contributed by atoms with Gasteiger partial charge in [0.1, 0.15) is 12.0 Å². The van der Waals surface area contributed by atoms with E-state index in [1.54, 1.807) is 15.5 Å². The van der Waals surface area contributed by atoms with Crippen molar-refractivity contribution >= 4 is 5.65 Å². The summed E-state index contributed by atoms with van der Waals surface area (Å²) in [6.45, 7) is 1.98. The summed E-state index contributed by atoms with van der Waals surface area (Å²) in [5.41, 5.74) is 6.28. The fourth-order valence-electron chi connectivity index (χ4n) is 4.35. The van der Waals surface area contributed by atoms with Crippen LogP contribution in [0, 0.1) is 6.92 Å². The van der Waals surface area contributed by atoms with Gasteiger partial charge in [0.25, 0.3) is 0 Å². The van der Waals surface area contributed by atoms with Gasteiger partial charge in [0.05, 0.1) is 17.7 Å². The second kappa shape index (κ2) is 5.78. The molecule has 1 saturated carbocycles. The van der Waals surface area contributed by atoms with Gasteiger partial charge < -0.3 is 4.74 Å². The van der Waals surface area contributed by atoms with E-state index >= 15 is 0 Å². The van der Waals surface area contributed by atoms with Crippen LogP contribution in [0.2, 0.25) is 0 Å². The first-order chi connectivity index (χ1) is 15.2. The van der Waals surface area contributed by atoms with Crippen LogP contribution in [0.25, 0.3) is 17.2 Å². The van der Waals surface area contributed by atoms with Crippen molar-refractivity contribution in [1.29, 1.82) is 0 Å². The lowest BCUT2D eigenvalue weighted by molar-refractivity contribution is 0.416. The number of nitrogens with zero attached hydrogens (tertiary/aromatic N) is 8. The van der Waals surface area contributed by atoms with Crippen molar-refractivity contribution < 1.29 is 4.74 Å². The maximum absolute atomic E-state index is 6.04. The van der Waals surface area contributed by atoms with Crippen molar-refractivity contribution in [3.8, 4) is 23.3 Å². The van der Waals surface area contributed by atoms with E-state index in [9.17, 15) is 0 Å². The third-order valence-corrected chi connectivity index (χ3v) is 6.02. The molecule has 7 rings (SSSR count). The molecule has 0 amide bonds. The van der Waals surface area contributed by atoms with Crippen LogP contribution in [0.4, 0.5) is 0 Å². The molecule has 1 fully saturated rings. The molecule has 11 heteroatoms. The molecule has 6 heterocycles. The number of aromatic amines is 2. The molecule has 5 aromatic heterocycles. The molecule has 0 spiro atoms. The van der Waals surface area contributed by atoms with E-state index in [1.807, 2.05) is 32.4 Å².